The van der Waals surface area contributed by atoms with E-state index < -0.39 is 0 Å². The lowest BCUT2D eigenvalue weighted by Gasteiger charge is -2.10. The van der Waals surface area contributed by atoms with Crippen molar-refractivity contribution in [2.75, 3.05) is 12.4 Å². The van der Waals surface area contributed by atoms with Gasteiger partial charge in [-0.15, -0.1) is 0 Å². The van der Waals surface area contributed by atoms with Crippen molar-refractivity contribution in [3.05, 3.63) is 95.9 Å². The van der Waals surface area contributed by atoms with Crippen LogP contribution in [0, 0.1) is 0 Å². The molecule has 0 aliphatic carbocycles. The highest BCUT2D eigenvalue weighted by Crippen LogP contribution is 2.18. The van der Waals surface area contributed by atoms with Crippen molar-refractivity contribution >= 4 is 23.1 Å². The molecule has 0 aliphatic heterocycles. The molecule has 4 rings (SSSR count). The van der Waals surface area contributed by atoms with E-state index in [1.165, 1.54) is 0 Å². The van der Waals surface area contributed by atoms with Crippen LogP contribution in [0.5, 0.6) is 5.75 Å². The third-order valence-corrected chi connectivity index (χ3v) is 4.89. The highest BCUT2D eigenvalue weighted by atomic mass is 16.5. The van der Waals surface area contributed by atoms with E-state index in [9.17, 15) is 9.59 Å². The fraction of sp³-hybridized carbons (Fsp3) is 0.125. The number of carbonyl (C=O) groups excluding carboxylic acids is 2. The van der Waals surface area contributed by atoms with E-state index in [1.807, 2.05) is 53.2 Å². The first-order chi connectivity index (χ1) is 15.1. The van der Waals surface area contributed by atoms with Crippen LogP contribution < -0.4 is 15.4 Å². The summed E-state index contributed by atoms with van der Waals surface area (Å²) in [5.74, 6) is 0.336. The zero-order valence-corrected chi connectivity index (χ0v) is 17.0. The first-order valence-electron chi connectivity index (χ1n) is 9.84. The Balaban J connectivity index is 1.32. The first kappa shape index (κ1) is 20.2. The molecule has 156 valence electrons. The second-order valence-electron chi connectivity index (χ2n) is 7.02. The molecular formula is C24H22N4O3. The number of imidazole rings is 1. The van der Waals surface area contributed by atoms with Crippen molar-refractivity contribution in [1.29, 1.82) is 0 Å². The molecule has 2 heterocycles. The molecule has 0 saturated heterocycles. The summed E-state index contributed by atoms with van der Waals surface area (Å²) in [6, 6.07) is 18.1. The van der Waals surface area contributed by atoms with E-state index in [2.05, 4.69) is 15.6 Å². The van der Waals surface area contributed by atoms with Gasteiger partial charge in [-0.2, -0.15) is 0 Å². The van der Waals surface area contributed by atoms with Gasteiger partial charge in [0, 0.05) is 41.9 Å². The number of carbonyl (C=O) groups is 2. The summed E-state index contributed by atoms with van der Waals surface area (Å²) in [6.45, 7) is 0.402. The molecule has 0 bridgehead atoms. The maximum atomic E-state index is 12.4. The van der Waals surface area contributed by atoms with Crippen LogP contribution in [0.4, 0.5) is 5.69 Å². The molecule has 0 unspecified atom stereocenters. The molecule has 2 N–H and O–H groups in total. The molecule has 0 aliphatic rings. The average Bonchev–Trinajstić information content (AvgIpc) is 3.26. The van der Waals surface area contributed by atoms with Crippen LogP contribution in [0.1, 0.15) is 21.5 Å². The number of para-hydroxylation sites is 1. The van der Waals surface area contributed by atoms with E-state index in [-0.39, 0.29) is 18.2 Å². The van der Waals surface area contributed by atoms with Crippen LogP contribution in [-0.4, -0.2) is 28.3 Å². The Morgan fingerprint density at radius 1 is 1.03 bits per heavy atom. The van der Waals surface area contributed by atoms with Crippen molar-refractivity contribution in [3.8, 4) is 5.75 Å². The minimum atomic E-state index is -0.185. The summed E-state index contributed by atoms with van der Waals surface area (Å²) in [5.41, 5.74) is 3.75. The number of nitrogens with zero attached hydrogens (tertiary/aromatic N) is 2. The van der Waals surface area contributed by atoms with Gasteiger partial charge in [0.05, 0.1) is 13.5 Å². The monoisotopic (exact) mass is 414 g/mol. The van der Waals surface area contributed by atoms with E-state index in [0.29, 0.717) is 23.5 Å². The van der Waals surface area contributed by atoms with Gasteiger partial charge in [-0.1, -0.05) is 18.2 Å². The van der Waals surface area contributed by atoms with Gasteiger partial charge in [0.1, 0.15) is 11.4 Å². The molecule has 0 atom stereocenters. The molecule has 2 aromatic carbocycles. The standard InChI is InChI=1S/C24H22N4O3/c1-31-21-5-3-2-4-19(21)15-23(29)27-20-8-6-18(7-9-20)24(30)26-16-17-10-12-28-13-11-25-22(28)14-17/h2-14H,15-16H2,1H3,(H,26,30)(H,27,29). The topological polar surface area (TPSA) is 84.7 Å². The number of nitrogens with one attached hydrogen (secondary N) is 2. The summed E-state index contributed by atoms with van der Waals surface area (Å²) in [5, 5.41) is 5.75. The molecule has 0 radical (unpaired) electrons. The number of benzene rings is 2. The maximum Gasteiger partial charge on any atom is 0.251 e. The van der Waals surface area contributed by atoms with Crippen LogP contribution in [0.25, 0.3) is 5.65 Å². The fourth-order valence-electron chi connectivity index (χ4n) is 3.28. The van der Waals surface area contributed by atoms with Crippen LogP contribution in [-0.2, 0) is 17.8 Å². The molecule has 4 aromatic rings. The third-order valence-electron chi connectivity index (χ3n) is 4.89. The van der Waals surface area contributed by atoms with Crippen molar-refractivity contribution in [1.82, 2.24) is 14.7 Å². The number of fused-ring (bicyclic) bond motifs is 1. The van der Waals surface area contributed by atoms with Gasteiger partial charge < -0.3 is 19.8 Å². The molecule has 7 nitrogen and oxygen atoms in total. The maximum absolute atomic E-state index is 12.4. The third kappa shape index (κ3) is 4.90. The van der Waals surface area contributed by atoms with Crippen LogP contribution >= 0.6 is 0 Å². The Labute approximate surface area is 179 Å². The number of methoxy groups -OCH3 is 1. The lowest BCUT2D eigenvalue weighted by Crippen LogP contribution is -2.23. The quantitative estimate of drug-likeness (QED) is 0.485. The number of hydrogen-bond donors (Lipinski definition) is 2. The van der Waals surface area contributed by atoms with Crippen LogP contribution in [0.15, 0.2) is 79.3 Å². The Kier molecular flexibility index (Phi) is 5.93. The van der Waals surface area contributed by atoms with Crippen LogP contribution in [0.3, 0.4) is 0 Å². The predicted molar refractivity (Wildman–Crippen MR) is 118 cm³/mol. The minimum Gasteiger partial charge on any atom is -0.496 e. The Bertz CT molecular complexity index is 1210. The van der Waals surface area contributed by atoms with E-state index in [4.69, 9.17) is 4.74 Å². The largest absolute Gasteiger partial charge is 0.496 e. The van der Waals surface area contributed by atoms with Gasteiger partial charge >= 0.3 is 0 Å². The predicted octanol–water partition coefficient (Wildman–Crippen LogP) is 3.45. The highest BCUT2D eigenvalue weighted by molar-refractivity contribution is 5.96. The van der Waals surface area contributed by atoms with Crippen LogP contribution in [0.2, 0.25) is 0 Å². The van der Waals surface area contributed by atoms with E-state index >= 15 is 0 Å². The minimum absolute atomic E-state index is 0.156. The van der Waals surface area contributed by atoms with Gasteiger partial charge in [-0.25, -0.2) is 4.98 Å². The zero-order chi connectivity index (χ0) is 21.6. The molecule has 2 aromatic heterocycles. The van der Waals surface area contributed by atoms with E-state index in [0.717, 1.165) is 16.8 Å². The molecule has 31 heavy (non-hydrogen) atoms. The molecule has 0 saturated carbocycles. The second-order valence-corrected chi connectivity index (χ2v) is 7.02. The molecule has 0 fully saturated rings. The number of rotatable bonds is 7. The lowest BCUT2D eigenvalue weighted by atomic mass is 10.1. The molecular weight excluding hydrogens is 392 g/mol. The smallest absolute Gasteiger partial charge is 0.251 e. The number of anilines is 1. The van der Waals surface area contributed by atoms with Gasteiger partial charge in [0.15, 0.2) is 0 Å². The number of hydrogen-bond acceptors (Lipinski definition) is 4. The SMILES string of the molecule is COc1ccccc1CC(=O)Nc1ccc(C(=O)NCc2ccn3ccnc3c2)cc1. The van der Waals surface area contributed by atoms with Gasteiger partial charge in [0.2, 0.25) is 5.91 Å². The number of ether oxygens (including phenoxy) is 1. The second kappa shape index (κ2) is 9.13. The molecule has 0 spiro atoms. The Morgan fingerprint density at radius 3 is 2.65 bits per heavy atom. The number of amides is 2. The lowest BCUT2D eigenvalue weighted by molar-refractivity contribution is -0.115. The van der Waals surface area contributed by atoms with Gasteiger partial charge in [-0.3, -0.25) is 9.59 Å². The van der Waals surface area contributed by atoms with E-state index in [1.54, 1.807) is 37.6 Å². The summed E-state index contributed by atoms with van der Waals surface area (Å²) in [7, 11) is 1.58. The van der Waals surface area contributed by atoms with Crippen molar-refractivity contribution in [2.45, 2.75) is 13.0 Å². The summed E-state index contributed by atoms with van der Waals surface area (Å²) in [4.78, 5) is 29.0. The van der Waals surface area contributed by atoms with Crippen molar-refractivity contribution in [2.24, 2.45) is 0 Å². The Hall–Kier alpha value is -4.13. The molecule has 2 amide bonds. The van der Waals surface area contributed by atoms with Gasteiger partial charge in [-0.05, 0) is 48.0 Å². The highest BCUT2D eigenvalue weighted by Gasteiger charge is 2.10. The Morgan fingerprint density at radius 2 is 1.84 bits per heavy atom. The van der Waals surface area contributed by atoms with Crippen molar-refractivity contribution < 1.29 is 14.3 Å². The number of pyridine rings is 1. The first-order valence-corrected chi connectivity index (χ1v) is 9.84. The summed E-state index contributed by atoms with van der Waals surface area (Å²) in [6.07, 6.45) is 5.71. The summed E-state index contributed by atoms with van der Waals surface area (Å²) < 4.78 is 7.19. The fourth-order valence-corrected chi connectivity index (χ4v) is 3.28. The molecule has 7 heteroatoms. The summed E-state index contributed by atoms with van der Waals surface area (Å²) >= 11 is 0. The van der Waals surface area contributed by atoms with Crippen molar-refractivity contribution in [3.63, 3.8) is 0 Å². The number of aromatic nitrogens is 2. The average molecular weight is 414 g/mol. The normalized spacial score (nSPS) is 10.6. The zero-order valence-electron chi connectivity index (χ0n) is 17.0. The van der Waals surface area contributed by atoms with Gasteiger partial charge in [0.25, 0.3) is 5.91 Å².